The van der Waals surface area contributed by atoms with Crippen molar-refractivity contribution in [1.82, 2.24) is 14.9 Å². The maximum absolute atomic E-state index is 6.13. The summed E-state index contributed by atoms with van der Waals surface area (Å²) in [4.78, 5) is 13.9. The Kier molecular flexibility index (Phi) is 4.94. The number of anilines is 1. The number of hydrogen-bond acceptors (Lipinski definition) is 5. The maximum atomic E-state index is 6.13. The molecule has 0 radical (unpaired) electrons. The van der Waals surface area contributed by atoms with Crippen molar-refractivity contribution in [3.63, 3.8) is 0 Å². The topological polar surface area (TPSA) is 55.0 Å². The molecule has 0 fully saturated rings. The van der Waals surface area contributed by atoms with E-state index in [1.54, 1.807) is 11.3 Å². The second kappa shape index (κ2) is 6.50. The Hall–Kier alpha value is -1.20. The van der Waals surface area contributed by atoms with Crippen LogP contribution in [0.15, 0.2) is 0 Å². The van der Waals surface area contributed by atoms with Crippen LogP contribution in [0.5, 0.6) is 0 Å². The lowest BCUT2D eigenvalue weighted by Gasteiger charge is -2.19. The van der Waals surface area contributed by atoms with Gasteiger partial charge >= 0.3 is 0 Å². The molecule has 0 saturated heterocycles. The average Bonchev–Trinajstić information content (AvgIpc) is 2.70. The zero-order chi connectivity index (χ0) is 14.7. The van der Waals surface area contributed by atoms with E-state index in [9.17, 15) is 0 Å². The lowest BCUT2D eigenvalue weighted by molar-refractivity contribution is 0.269. The van der Waals surface area contributed by atoms with Gasteiger partial charge < -0.3 is 5.73 Å². The molecule has 2 aromatic heterocycles. The summed E-state index contributed by atoms with van der Waals surface area (Å²) in [5.41, 5.74) is 7.34. The first-order valence-corrected chi connectivity index (χ1v) is 8.12. The fourth-order valence-electron chi connectivity index (χ4n) is 2.33. The number of unbranched alkanes of at least 4 members (excludes halogenated alkanes) is 1. The van der Waals surface area contributed by atoms with Gasteiger partial charge in [-0.1, -0.05) is 20.3 Å². The SMILES string of the molecule is CCCCN(CC)Cc1nc(N)c2c(C)c(C)sc2n1. The third kappa shape index (κ3) is 3.10. The molecule has 2 heterocycles. The largest absolute Gasteiger partial charge is 0.383 e. The fourth-order valence-corrected chi connectivity index (χ4v) is 3.38. The zero-order valence-corrected chi connectivity index (χ0v) is 13.7. The number of rotatable bonds is 6. The summed E-state index contributed by atoms with van der Waals surface area (Å²) in [5, 5.41) is 1.04. The van der Waals surface area contributed by atoms with Crippen LogP contribution in [0.1, 0.15) is 43.0 Å². The van der Waals surface area contributed by atoms with Crippen molar-refractivity contribution < 1.29 is 0 Å². The highest BCUT2D eigenvalue weighted by atomic mass is 32.1. The normalized spacial score (nSPS) is 11.7. The van der Waals surface area contributed by atoms with Gasteiger partial charge in [0.2, 0.25) is 0 Å². The van der Waals surface area contributed by atoms with Gasteiger partial charge in [0, 0.05) is 4.88 Å². The van der Waals surface area contributed by atoms with Gasteiger partial charge in [0.05, 0.1) is 11.9 Å². The molecule has 0 aromatic carbocycles. The summed E-state index contributed by atoms with van der Waals surface area (Å²) >= 11 is 1.71. The zero-order valence-electron chi connectivity index (χ0n) is 12.9. The monoisotopic (exact) mass is 292 g/mol. The first kappa shape index (κ1) is 15.2. The van der Waals surface area contributed by atoms with Crippen molar-refractivity contribution in [2.45, 2.75) is 47.1 Å². The molecule has 4 nitrogen and oxygen atoms in total. The van der Waals surface area contributed by atoms with Gasteiger partial charge in [0.15, 0.2) is 0 Å². The number of nitrogens with two attached hydrogens (primary N) is 1. The van der Waals surface area contributed by atoms with Crippen molar-refractivity contribution in [3.8, 4) is 0 Å². The molecule has 0 atom stereocenters. The summed E-state index contributed by atoms with van der Waals surface area (Å²) in [5.74, 6) is 1.47. The van der Waals surface area contributed by atoms with Crippen LogP contribution in [0.2, 0.25) is 0 Å². The van der Waals surface area contributed by atoms with Crippen LogP contribution in [0.25, 0.3) is 10.2 Å². The summed E-state index contributed by atoms with van der Waals surface area (Å²) in [6, 6.07) is 0. The molecular formula is C15H24N4S. The van der Waals surface area contributed by atoms with Gasteiger partial charge in [0.25, 0.3) is 0 Å². The quantitative estimate of drug-likeness (QED) is 0.885. The highest BCUT2D eigenvalue weighted by molar-refractivity contribution is 7.18. The second-order valence-corrected chi connectivity index (χ2v) is 6.41. The molecule has 5 heteroatoms. The Morgan fingerprint density at radius 1 is 1.20 bits per heavy atom. The lowest BCUT2D eigenvalue weighted by Crippen LogP contribution is -2.25. The Labute approximate surface area is 125 Å². The van der Waals surface area contributed by atoms with Crippen molar-refractivity contribution >= 4 is 27.4 Å². The minimum absolute atomic E-state index is 0.624. The minimum Gasteiger partial charge on any atom is -0.383 e. The van der Waals surface area contributed by atoms with Crippen molar-refractivity contribution in [2.24, 2.45) is 0 Å². The molecule has 2 aromatic rings. The number of aromatic nitrogens is 2. The Morgan fingerprint density at radius 2 is 1.95 bits per heavy atom. The summed E-state index contributed by atoms with van der Waals surface area (Å²) < 4.78 is 0. The van der Waals surface area contributed by atoms with Crippen LogP contribution >= 0.6 is 11.3 Å². The van der Waals surface area contributed by atoms with Gasteiger partial charge in [-0.2, -0.15) is 0 Å². The Morgan fingerprint density at radius 3 is 2.60 bits per heavy atom. The summed E-state index contributed by atoms with van der Waals surface area (Å²) in [6.07, 6.45) is 2.42. The highest BCUT2D eigenvalue weighted by Gasteiger charge is 2.14. The molecule has 110 valence electrons. The van der Waals surface area contributed by atoms with E-state index in [4.69, 9.17) is 10.7 Å². The highest BCUT2D eigenvalue weighted by Crippen LogP contribution is 2.31. The lowest BCUT2D eigenvalue weighted by atomic mass is 10.2. The van der Waals surface area contributed by atoms with Crippen molar-refractivity contribution in [3.05, 3.63) is 16.3 Å². The molecule has 0 aliphatic heterocycles. The van der Waals surface area contributed by atoms with Crippen molar-refractivity contribution in [1.29, 1.82) is 0 Å². The molecule has 0 amide bonds. The van der Waals surface area contributed by atoms with Crippen LogP contribution in [-0.4, -0.2) is 28.0 Å². The number of thiophene rings is 1. The molecule has 0 aliphatic rings. The smallest absolute Gasteiger partial charge is 0.146 e. The molecule has 2 rings (SSSR count). The Balaban J connectivity index is 2.27. The van der Waals surface area contributed by atoms with Crippen molar-refractivity contribution in [2.75, 3.05) is 18.8 Å². The van der Waals surface area contributed by atoms with Crippen LogP contribution in [0.3, 0.4) is 0 Å². The molecule has 0 unspecified atom stereocenters. The van der Waals surface area contributed by atoms with Gasteiger partial charge in [-0.05, 0) is 38.9 Å². The van der Waals surface area contributed by atoms with E-state index < -0.39 is 0 Å². The molecule has 20 heavy (non-hydrogen) atoms. The minimum atomic E-state index is 0.624. The number of nitrogen functional groups attached to an aromatic ring is 1. The van der Waals surface area contributed by atoms with Gasteiger partial charge in [-0.25, -0.2) is 9.97 Å². The van der Waals surface area contributed by atoms with E-state index in [1.165, 1.54) is 23.3 Å². The molecule has 0 bridgehead atoms. The second-order valence-electron chi connectivity index (χ2n) is 5.21. The standard InChI is InChI=1S/C15H24N4S/c1-5-7-8-19(6-2)9-12-17-14(16)13-10(3)11(4)20-15(13)18-12/h5-9H2,1-4H3,(H2,16,17,18). The summed E-state index contributed by atoms with van der Waals surface area (Å²) in [6.45, 7) is 11.5. The van der Waals surface area contributed by atoms with Gasteiger partial charge in [0.1, 0.15) is 16.5 Å². The molecule has 2 N–H and O–H groups in total. The van der Waals surface area contributed by atoms with Crippen LogP contribution in [-0.2, 0) is 6.54 Å². The fraction of sp³-hybridized carbons (Fsp3) is 0.600. The van der Waals surface area contributed by atoms with E-state index in [2.05, 4.69) is 37.6 Å². The molecular weight excluding hydrogens is 268 g/mol. The van der Waals surface area contributed by atoms with E-state index in [-0.39, 0.29) is 0 Å². The van der Waals surface area contributed by atoms with E-state index >= 15 is 0 Å². The summed E-state index contributed by atoms with van der Waals surface area (Å²) in [7, 11) is 0. The predicted octanol–water partition coefficient (Wildman–Crippen LogP) is 3.51. The Bertz CT molecular complexity index is 591. The first-order valence-electron chi connectivity index (χ1n) is 7.31. The van der Waals surface area contributed by atoms with E-state index in [0.29, 0.717) is 5.82 Å². The third-order valence-electron chi connectivity index (χ3n) is 3.74. The van der Waals surface area contributed by atoms with E-state index in [0.717, 1.165) is 35.7 Å². The first-order chi connectivity index (χ1) is 9.56. The van der Waals surface area contributed by atoms with Crippen LogP contribution in [0.4, 0.5) is 5.82 Å². The van der Waals surface area contributed by atoms with E-state index in [1.807, 2.05) is 0 Å². The maximum Gasteiger partial charge on any atom is 0.146 e. The van der Waals surface area contributed by atoms with Crippen LogP contribution < -0.4 is 5.73 Å². The van der Waals surface area contributed by atoms with Crippen LogP contribution in [0, 0.1) is 13.8 Å². The number of nitrogens with zero attached hydrogens (tertiary/aromatic N) is 3. The number of fused-ring (bicyclic) bond motifs is 1. The average molecular weight is 292 g/mol. The van der Waals surface area contributed by atoms with Gasteiger partial charge in [-0.3, -0.25) is 4.90 Å². The number of hydrogen-bond donors (Lipinski definition) is 1. The molecule has 0 spiro atoms. The predicted molar refractivity (Wildman–Crippen MR) is 87.2 cm³/mol. The molecule has 0 aliphatic carbocycles. The van der Waals surface area contributed by atoms with Gasteiger partial charge in [-0.15, -0.1) is 11.3 Å². The third-order valence-corrected chi connectivity index (χ3v) is 4.84. The number of aryl methyl sites for hydroxylation is 2. The molecule has 0 saturated carbocycles.